The van der Waals surface area contributed by atoms with Gasteiger partial charge in [0.15, 0.2) is 0 Å². The third-order valence-corrected chi connectivity index (χ3v) is 2.79. The number of piperidine rings is 1. The summed E-state index contributed by atoms with van der Waals surface area (Å²) in [6, 6.07) is 0. The maximum Gasteiger partial charge on any atom is 0.312 e. The summed E-state index contributed by atoms with van der Waals surface area (Å²) in [5.74, 6) is -0.0861. The summed E-state index contributed by atoms with van der Waals surface area (Å²) in [5.41, 5.74) is 0. The molecule has 0 aromatic rings. The highest BCUT2D eigenvalue weighted by Gasteiger charge is 2.33. The van der Waals surface area contributed by atoms with Gasteiger partial charge in [-0.1, -0.05) is 13.8 Å². The number of esters is 1. The Labute approximate surface area is 91.2 Å². The molecule has 1 rings (SSSR count). The van der Waals surface area contributed by atoms with Gasteiger partial charge in [-0.05, 0) is 12.3 Å². The van der Waals surface area contributed by atoms with Crippen LogP contribution in [0.5, 0.6) is 0 Å². The first-order valence-electron chi connectivity index (χ1n) is 5.52. The van der Waals surface area contributed by atoms with E-state index in [0.29, 0.717) is 18.9 Å². The average Bonchev–Trinajstić information content (AvgIpc) is 2.19. The lowest BCUT2D eigenvalue weighted by Gasteiger charge is -2.35. The van der Waals surface area contributed by atoms with E-state index in [1.54, 1.807) is 0 Å². The van der Waals surface area contributed by atoms with Gasteiger partial charge < -0.3 is 14.7 Å². The van der Waals surface area contributed by atoms with E-state index in [9.17, 15) is 9.90 Å². The molecule has 0 saturated carbocycles. The molecule has 1 aliphatic heterocycles. The molecule has 0 bridgehead atoms. The number of aliphatic hydroxyl groups is 1. The van der Waals surface area contributed by atoms with E-state index in [1.807, 2.05) is 0 Å². The Balaban J connectivity index is 2.52. The number of carbonyl (C=O) groups is 1. The number of likely N-dealkylation sites (tertiary alicyclic amines) is 1. The van der Waals surface area contributed by atoms with E-state index >= 15 is 0 Å². The van der Waals surface area contributed by atoms with Crippen LogP contribution in [0.15, 0.2) is 0 Å². The maximum absolute atomic E-state index is 11.4. The molecule has 0 amide bonds. The van der Waals surface area contributed by atoms with Gasteiger partial charge in [-0.2, -0.15) is 0 Å². The molecule has 15 heavy (non-hydrogen) atoms. The number of aliphatic hydroxyl groups excluding tert-OH is 1. The van der Waals surface area contributed by atoms with Crippen molar-refractivity contribution in [3.8, 4) is 0 Å². The zero-order valence-electron chi connectivity index (χ0n) is 9.77. The number of rotatable bonds is 3. The number of methoxy groups -OCH3 is 1. The minimum atomic E-state index is -0.541. The molecule has 1 saturated heterocycles. The summed E-state index contributed by atoms with van der Waals surface area (Å²) in [6.45, 7) is 6.76. The van der Waals surface area contributed by atoms with Crippen molar-refractivity contribution in [3.05, 3.63) is 0 Å². The third-order valence-electron chi connectivity index (χ3n) is 2.79. The molecule has 0 radical (unpaired) electrons. The lowest BCUT2D eigenvalue weighted by Crippen LogP contribution is -2.47. The van der Waals surface area contributed by atoms with Crippen LogP contribution in [-0.2, 0) is 9.53 Å². The van der Waals surface area contributed by atoms with Gasteiger partial charge in [0.25, 0.3) is 0 Å². The molecule has 4 heteroatoms. The van der Waals surface area contributed by atoms with Crippen molar-refractivity contribution in [2.45, 2.75) is 26.4 Å². The topological polar surface area (TPSA) is 49.8 Å². The molecule has 4 nitrogen and oxygen atoms in total. The lowest BCUT2D eigenvalue weighted by atomic mass is 9.94. The van der Waals surface area contributed by atoms with Crippen molar-refractivity contribution < 1.29 is 14.6 Å². The van der Waals surface area contributed by atoms with Crippen molar-refractivity contribution >= 4 is 5.97 Å². The van der Waals surface area contributed by atoms with E-state index in [1.165, 1.54) is 7.11 Å². The summed E-state index contributed by atoms with van der Waals surface area (Å²) >= 11 is 0. The smallest absolute Gasteiger partial charge is 0.312 e. The first kappa shape index (κ1) is 12.5. The summed E-state index contributed by atoms with van der Waals surface area (Å²) in [5, 5.41) is 9.69. The number of carbonyl (C=O) groups excluding carboxylic acids is 1. The second kappa shape index (κ2) is 5.47. The monoisotopic (exact) mass is 215 g/mol. The molecule has 1 N–H and O–H groups in total. The Hall–Kier alpha value is -0.610. The van der Waals surface area contributed by atoms with Crippen LogP contribution in [0.2, 0.25) is 0 Å². The van der Waals surface area contributed by atoms with Gasteiger partial charge in [-0.3, -0.25) is 4.79 Å². The van der Waals surface area contributed by atoms with Crippen LogP contribution in [0, 0.1) is 11.8 Å². The summed E-state index contributed by atoms with van der Waals surface area (Å²) in [7, 11) is 1.37. The van der Waals surface area contributed by atoms with Crippen LogP contribution in [0.4, 0.5) is 0 Å². The fourth-order valence-corrected chi connectivity index (χ4v) is 2.07. The Kier molecular flexibility index (Phi) is 4.54. The molecule has 0 spiro atoms. The molecule has 2 atom stereocenters. The number of nitrogens with zero attached hydrogens (tertiary/aromatic N) is 1. The summed E-state index contributed by atoms with van der Waals surface area (Å²) < 4.78 is 4.69. The van der Waals surface area contributed by atoms with Crippen LogP contribution in [-0.4, -0.2) is 48.8 Å². The molecular formula is C11H21NO3. The summed E-state index contributed by atoms with van der Waals surface area (Å²) in [4.78, 5) is 13.6. The molecule has 1 heterocycles. The van der Waals surface area contributed by atoms with Crippen molar-refractivity contribution in [3.63, 3.8) is 0 Å². The first-order valence-corrected chi connectivity index (χ1v) is 5.52. The largest absolute Gasteiger partial charge is 0.469 e. The predicted octanol–water partition coefficient (Wildman–Crippen LogP) is 0.498. The van der Waals surface area contributed by atoms with Gasteiger partial charge in [0.05, 0.1) is 19.1 Å². The third kappa shape index (κ3) is 3.47. The van der Waals surface area contributed by atoms with Crippen LogP contribution in [0.25, 0.3) is 0 Å². The van der Waals surface area contributed by atoms with E-state index in [2.05, 4.69) is 23.5 Å². The molecule has 1 aliphatic rings. The fourth-order valence-electron chi connectivity index (χ4n) is 2.07. The Morgan fingerprint density at radius 3 is 2.80 bits per heavy atom. The van der Waals surface area contributed by atoms with Crippen molar-refractivity contribution in [2.75, 3.05) is 26.7 Å². The predicted molar refractivity (Wildman–Crippen MR) is 57.4 cm³/mol. The SMILES string of the molecule is COC(=O)[C@@H]1CN(CC(C)C)CC[C@@H]1O. The molecular weight excluding hydrogens is 194 g/mol. The zero-order valence-corrected chi connectivity index (χ0v) is 9.77. The highest BCUT2D eigenvalue weighted by atomic mass is 16.5. The minimum Gasteiger partial charge on any atom is -0.469 e. The van der Waals surface area contributed by atoms with Crippen molar-refractivity contribution in [2.24, 2.45) is 11.8 Å². The standard InChI is InChI=1S/C11H21NO3/c1-8(2)6-12-5-4-10(13)9(7-12)11(14)15-3/h8-10,13H,4-7H2,1-3H3/t9-,10+/m1/s1. The highest BCUT2D eigenvalue weighted by Crippen LogP contribution is 2.19. The quantitative estimate of drug-likeness (QED) is 0.696. The Morgan fingerprint density at radius 1 is 1.60 bits per heavy atom. The van der Waals surface area contributed by atoms with Gasteiger partial charge in [0.1, 0.15) is 0 Å². The van der Waals surface area contributed by atoms with Gasteiger partial charge in [-0.15, -0.1) is 0 Å². The maximum atomic E-state index is 11.4. The molecule has 88 valence electrons. The van der Waals surface area contributed by atoms with Gasteiger partial charge >= 0.3 is 5.97 Å². The van der Waals surface area contributed by atoms with Crippen LogP contribution < -0.4 is 0 Å². The molecule has 0 aromatic carbocycles. The highest BCUT2D eigenvalue weighted by molar-refractivity contribution is 5.73. The van der Waals surface area contributed by atoms with Crippen LogP contribution in [0.1, 0.15) is 20.3 Å². The second-order valence-corrected chi connectivity index (χ2v) is 4.64. The number of hydrogen-bond acceptors (Lipinski definition) is 4. The van der Waals surface area contributed by atoms with E-state index in [0.717, 1.165) is 13.1 Å². The molecule has 1 fully saturated rings. The minimum absolute atomic E-state index is 0.295. The normalized spacial score (nSPS) is 28.1. The van der Waals surface area contributed by atoms with E-state index in [-0.39, 0.29) is 11.9 Å². The zero-order chi connectivity index (χ0) is 11.4. The van der Waals surface area contributed by atoms with Gasteiger partial charge in [0.2, 0.25) is 0 Å². The molecule has 0 aromatic heterocycles. The van der Waals surface area contributed by atoms with Crippen LogP contribution in [0.3, 0.4) is 0 Å². The Bertz CT molecular complexity index is 218. The van der Waals surface area contributed by atoms with Crippen molar-refractivity contribution in [1.29, 1.82) is 0 Å². The molecule has 0 aliphatic carbocycles. The van der Waals surface area contributed by atoms with Crippen molar-refractivity contribution in [1.82, 2.24) is 4.90 Å². The molecule has 0 unspecified atom stereocenters. The number of ether oxygens (including phenoxy) is 1. The van der Waals surface area contributed by atoms with Gasteiger partial charge in [-0.25, -0.2) is 0 Å². The van der Waals surface area contributed by atoms with Gasteiger partial charge in [0, 0.05) is 19.6 Å². The summed E-state index contributed by atoms with van der Waals surface area (Å²) in [6.07, 6.45) is 0.118. The van der Waals surface area contributed by atoms with E-state index in [4.69, 9.17) is 0 Å². The second-order valence-electron chi connectivity index (χ2n) is 4.64. The first-order chi connectivity index (χ1) is 7.04. The van der Waals surface area contributed by atoms with E-state index < -0.39 is 6.10 Å². The Morgan fingerprint density at radius 2 is 2.27 bits per heavy atom. The fraction of sp³-hybridized carbons (Fsp3) is 0.909. The average molecular weight is 215 g/mol. The number of hydrogen-bond donors (Lipinski definition) is 1. The van der Waals surface area contributed by atoms with Crippen LogP contribution >= 0.6 is 0 Å². The lowest BCUT2D eigenvalue weighted by molar-refractivity contribution is -0.152.